The lowest BCUT2D eigenvalue weighted by atomic mass is 10.1. The Morgan fingerprint density at radius 1 is 1.16 bits per heavy atom. The Morgan fingerprint density at radius 2 is 1.95 bits per heavy atom. The van der Waals surface area contributed by atoms with E-state index in [0.29, 0.717) is 31.4 Å². The maximum Gasteiger partial charge on any atom is 0.140 e. The third-order valence-electron chi connectivity index (χ3n) is 2.59. The first-order valence-electron chi connectivity index (χ1n) is 6.53. The van der Waals surface area contributed by atoms with Gasteiger partial charge < -0.3 is 20.5 Å². The summed E-state index contributed by atoms with van der Waals surface area (Å²) in [4.78, 5) is 0. The number of halogens is 1. The number of hydrogen-bond donors (Lipinski definition) is 2. The standard InChI is InChI=1S/C14H23ClN2O2/c1-11-9-12(2)14(13(15)10-11)19-8-7-18-6-5-17-4-3-16/h9-10,17H,3-8,16H2,1-2H3. The van der Waals surface area contributed by atoms with E-state index in [1.54, 1.807) is 0 Å². The molecule has 0 unspecified atom stereocenters. The molecule has 1 rings (SSSR count). The van der Waals surface area contributed by atoms with Crippen LogP contribution in [0.3, 0.4) is 0 Å². The molecule has 0 saturated carbocycles. The molecule has 0 heterocycles. The highest BCUT2D eigenvalue weighted by Crippen LogP contribution is 2.29. The lowest BCUT2D eigenvalue weighted by Crippen LogP contribution is -2.26. The molecule has 0 atom stereocenters. The van der Waals surface area contributed by atoms with Crippen molar-refractivity contribution in [3.05, 3.63) is 28.3 Å². The molecular formula is C14H23ClN2O2. The molecule has 0 aromatic heterocycles. The molecule has 0 fully saturated rings. The van der Waals surface area contributed by atoms with Crippen molar-refractivity contribution in [3.8, 4) is 5.75 Å². The van der Waals surface area contributed by atoms with Gasteiger partial charge in [-0.2, -0.15) is 0 Å². The fourth-order valence-corrected chi connectivity index (χ4v) is 2.14. The van der Waals surface area contributed by atoms with Gasteiger partial charge in [-0.1, -0.05) is 17.7 Å². The summed E-state index contributed by atoms with van der Waals surface area (Å²) in [6.07, 6.45) is 0. The van der Waals surface area contributed by atoms with E-state index in [0.717, 1.165) is 30.0 Å². The van der Waals surface area contributed by atoms with Crippen molar-refractivity contribution in [2.75, 3.05) is 39.5 Å². The molecule has 1 aromatic carbocycles. The monoisotopic (exact) mass is 286 g/mol. The SMILES string of the molecule is Cc1cc(C)c(OCCOCCNCCN)c(Cl)c1. The Hall–Kier alpha value is -0.810. The van der Waals surface area contributed by atoms with Crippen molar-refractivity contribution in [1.82, 2.24) is 5.32 Å². The minimum atomic E-state index is 0.501. The van der Waals surface area contributed by atoms with E-state index in [1.165, 1.54) is 0 Å². The van der Waals surface area contributed by atoms with Gasteiger partial charge in [0, 0.05) is 19.6 Å². The highest BCUT2D eigenvalue weighted by atomic mass is 35.5. The fraction of sp³-hybridized carbons (Fsp3) is 0.571. The maximum atomic E-state index is 6.14. The Bertz CT molecular complexity index is 363. The van der Waals surface area contributed by atoms with Gasteiger partial charge >= 0.3 is 0 Å². The average molecular weight is 287 g/mol. The summed E-state index contributed by atoms with van der Waals surface area (Å²) in [5, 5.41) is 3.81. The van der Waals surface area contributed by atoms with E-state index in [-0.39, 0.29) is 0 Å². The number of ether oxygens (including phenoxy) is 2. The largest absolute Gasteiger partial charge is 0.489 e. The van der Waals surface area contributed by atoms with Crippen molar-refractivity contribution in [1.29, 1.82) is 0 Å². The molecule has 1 aromatic rings. The van der Waals surface area contributed by atoms with Gasteiger partial charge in [-0.25, -0.2) is 0 Å². The van der Waals surface area contributed by atoms with Crippen molar-refractivity contribution in [3.63, 3.8) is 0 Å². The highest BCUT2D eigenvalue weighted by Gasteiger charge is 2.06. The van der Waals surface area contributed by atoms with Gasteiger partial charge in [0.15, 0.2) is 0 Å². The van der Waals surface area contributed by atoms with Crippen LogP contribution < -0.4 is 15.8 Å². The topological polar surface area (TPSA) is 56.5 Å². The maximum absolute atomic E-state index is 6.14. The average Bonchev–Trinajstić information content (AvgIpc) is 2.35. The number of benzene rings is 1. The molecule has 19 heavy (non-hydrogen) atoms. The van der Waals surface area contributed by atoms with Crippen LogP contribution in [0.4, 0.5) is 0 Å². The molecule has 0 aliphatic rings. The minimum absolute atomic E-state index is 0.501. The van der Waals surface area contributed by atoms with Crippen LogP contribution in [0.1, 0.15) is 11.1 Å². The molecule has 5 heteroatoms. The van der Waals surface area contributed by atoms with Crippen LogP contribution in [0.15, 0.2) is 12.1 Å². The zero-order valence-electron chi connectivity index (χ0n) is 11.7. The summed E-state index contributed by atoms with van der Waals surface area (Å²) in [5.41, 5.74) is 7.55. The summed E-state index contributed by atoms with van der Waals surface area (Å²) < 4.78 is 11.1. The second kappa shape index (κ2) is 9.15. The van der Waals surface area contributed by atoms with Crippen molar-refractivity contribution < 1.29 is 9.47 Å². The third-order valence-corrected chi connectivity index (χ3v) is 2.87. The van der Waals surface area contributed by atoms with E-state index < -0.39 is 0 Å². The van der Waals surface area contributed by atoms with Gasteiger partial charge in [0.2, 0.25) is 0 Å². The van der Waals surface area contributed by atoms with Crippen LogP contribution >= 0.6 is 11.6 Å². The summed E-state index contributed by atoms with van der Waals surface area (Å²) in [6, 6.07) is 3.96. The quantitative estimate of drug-likeness (QED) is 0.681. The second-order valence-corrected chi connectivity index (χ2v) is 4.80. The fourth-order valence-electron chi connectivity index (χ4n) is 1.76. The summed E-state index contributed by atoms with van der Waals surface area (Å²) in [7, 11) is 0. The molecule has 0 spiro atoms. The summed E-state index contributed by atoms with van der Waals surface area (Å²) in [6.45, 7) is 7.98. The zero-order valence-corrected chi connectivity index (χ0v) is 12.4. The van der Waals surface area contributed by atoms with Gasteiger partial charge in [-0.3, -0.25) is 0 Å². The van der Waals surface area contributed by atoms with Gasteiger partial charge in [-0.15, -0.1) is 0 Å². The molecule has 0 radical (unpaired) electrons. The van der Waals surface area contributed by atoms with Gasteiger partial charge in [-0.05, 0) is 31.0 Å². The van der Waals surface area contributed by atoms with Gasteiger partial charge in [0.05, 0.1) is 18.2 Å². The first kappa shape index (κ1) is 16.2. The molecule has 108 valence electrons. The molecule has 4 nitrogen and oxygen atoms in total. The third kappa shape index (κ3) is 6.25. The Labute approximate surface area is 120 Å². The predicted octanol–water partition coefficient (Wildman–Crippen LogP) is 1.90. The van der Waals surface area contributed by atoms with Crippen LogP contribution in [0.5, 0.6) is 5.75 Å². The highest BCUT2D eigenvalue weighted by molar-refractivity contribution is 6.32. The van der Waals surface area contributed by atoms with Crippen LogP contribution in [0.25, 0.3) is 0 Å². The Kier molecular flexibility index (Phi) is 7.82. The van der Waals surface area contributed by atoms with Crippen molar-refractivity contribution >= 4 is 11.6 Å². The number of nitrogens with one attached hydrogen (secondary N) is 1. The lowest BCUT2D eigenvalue weighted by Gasteiger charge is -2.12. The molecule has 0 saturated heterocycles. The number of rotatable bonds is 9. The predicted molar refractivity (Wildman–Crippen MR) is 79.2 cm³/mol. The first-order chi connectivity index (χ1) is 9.15. The van der Waals surface area contributed by atoms with Crippen LogP contribution in [0, 0.1) is 13.8 Å². The molecule has 0 aliphatic carbocycles. The molecule has 0 bridgehead atoms. The summed E-state index contributed by atoms with van der Waals surface area (Å²) >= 11 is 6.14. The molecular weight excluding hydrogens is 264 g/mol. The normalized spacial score (nSPS) is 10.7. The van der Waals surface area contributed by atoms with E-state index in [4.69, 9.17) is 26.8 Å². The van der Waals surface area contributed by atoms with Crippen molar-refractivity contribution in [2.24, 2.45) is 5.73 Å². The van der Waals surface area contributed by atoms with E-state index >= 15 is 0 Å². The lowest BCUT2D eigenvalue weighted by molar-refractivity contribution is 0.102. The zero-order chi connectivity index (χ0) is 14.1. The minimum Gasteiger partial charge on any atom is -0.489 e. The molecule has 0 aliphatic heterocycles. The van der Waals surface area contributed by atoms with Gasteiger partial charge in [0.25, 0.3) is 0 Å². The first-order valence-corrected chi connectivity index (χ1v) is 6.91. The number of hydrogen-bond acceptors (Lipinski definition) is 4. The summed E-state index contributed by atoms with van der Waals surface area (Å²) in [5.74, 6) is 0.747. The van der Waals surface area contributed by atoms with E-state index in [1.807, 2.05) is 19.9 Å². The molecule has 0 amide bonds. The smallest absolute Gasteiger partial charge is 0.140 e. The van der Waals surface area contributed by atoms with Crippen LogP contribution in [-0.4, -0.2) is 39.5 Å². The van der Waals surface area contributed by atoms with E-state index in [2.05, 4.69) is 11.4 Å². The van der Waals surface area contributed by atoms with Crippen LogP contribution in [-0.2, 0) is 4.74 Å². The van der Waals surface area contributed by atoms with Gasteiger partial charge in [0.1, 0.15) is 12.4 Å². The van der Waals surface area contributed by atoms with E-state index in [9.17, 15) is 0 Å². The van der Waals surface area contributed by atoms with Crippen molar-refractivity contribution in [2.45, 2.75) is 13.8 Å². The number of nitrogens with two attached hydrogens (primary N) is 1. The van der Waals surface area contributed by atoms with Crippen LogP contribution in [0.2, 0.25) is 5.02 Å². The Balaban J connectivity index is 2.19. The molecule has 3 N–H and O–H groups in total. The Morgan fingerprint density at radius 3 is 2.63 bits per heavy atom. The second-order valence-electron chi connectivity index (χ2n) is 4.39. The number of aryl methyl sites for hydroxylation is 2.